The molecule has 0 radical (unpaired) electrons. The Kier molecular flexibility index (Phi) is 6.78. The number of hydrogen-bond donors (Lipinski definition) is 1. The Labute approximate surface area is 216 Å². The van der Waals surface area contributed by atoms with Crippen molar-refractivity contribution in [1.29, 1.82) is 5.26 Å². The van der Waals surface area contributed by atoms with E-state index in [1.54, 1.807) is 60.7 Å². The summed E-state index contributed by atoms with van der Waals surface area (Å²) in [6.45, 7) is 6.12. The number of amides is 1. The highest BCUT2D eigenvalue weighted by Crippen LogP contribution is 2.46. The van der Waals surface area contributed by atoms with E-state index in [9.17, 15) is 20.0 Å². The van der Waals surface area contributed by atoms with Gasteiger partial charge in [0.25, 0.3) is 11.7 Å². The van der Waals surface area contributed by atoms with Crippen molar-refractivity contribution in [2.24, 2.45) is 0 Å². The van der Waals surface area contributed by atoms with Gasteiger partial charge in [-0.25, -0.2) is 0 Å². The molecule has 7 heteroatoms. The summed E-state index contributed by atoms with van der Waals surface area (Å²) >= 11 is 0. The molecule has 3 aromatic carbocycles. The lowest BCUT2D eigenvalue weighted by Gasteiger charge is -2.27. The van der Waals surface area contributed by atoms with Crippen molar-refractivity contribution in [3.8, 4) is 17.6 Å². The molecule has 1 N–H and O–H groups in total. The van der Waals surface area contributed by atoms with Gasteiger partial charge in [0.1, 0.15) is 17.3 Å². The van der Waals surface area contributed by atoms with Crippen molar-refractivity contribution in [2.45, 2.75) is 32.2 Å². The molecule has 1 aliphatic heterocycles. The van der Waals surface area contributed by atoms with Gasteiger partial charge in [-0.1, -0.05) is 45.0 Å². The maximum Gasteiger partial charge on any atom is 0.300 e. The zero-order valence-electron chi connectivity index (χ0n) is 21.4. The normalized spacial score (nSPS) is 17.0. The molecule has 1 aliphatic rings. The second-order valence-corrected chi connectivity index (χ2v) is 9.73. The third-order valence-electron chi connectivity index (χ3n) is 6.47. The Hall–Kier alpha value is -4.57. The minimum Gasteiger partial charge on any atom is -0.507 e. The summed E-state index contributed by atoms with van der Waals surface area (Å²) < 4.78 is 11.1. The molecule has 0 aliphatic carbocycles. The van der Waals surface area contributed by atoms with E-state index in [0.717, 1.165) is 5.56 Å². The highest BCUT2D eigenvalue weighted by molar-refractivity contribution is 6.51. The molecular formula is C30H28N2O5. The highest BCUT2D eigenvalue weighted by atomic mass is 16.5. The van der Waals surface area contributed by atoms with Crippen molar-refractivity contribution in [3.63, 3.8) is 0 Å². The predicted octanol–water partition coefficient (Wildman–Crippen LogP) is 5.50. The molecule has 7 nitrogen and oxygen atoms in total. The van der Waals surface area contributed by atoms with E-state index in [-0.39, 0.29) is 16.7 Å². The number of aliphatic hydroxyl groups is 1. The third kappa shape index (κ3) is 4.54. The standard InChI is InChI=1S/C30H28N2O5/c1-30(2,3)19-12-15-24(37-5)22(16-19)27(33)25-26(21-8-6-7-9-23(21)36-4)32(29(35)28(25)34)20-13-10-18(17-31)11-14-20/h6-16,26,33H,1-5H3/b27-25+. The van der Waals surface area contributed by atoms with Crippen LogP contribution in [-0.4, -0.2) is 31.0 Å². The number of aliphatic hydroxyl groups excluding tert-OH is 1. The molecule has 1 heterocycles. The number of Topliss-reactive ketones (excluding diaryl/α,β-unsaturated/α-hetero) is 1. The van der Waals surface area contributed by atoms with Crippen LogP contribution >= 0.6 is 0 Å². The Balaban J connectivity index is 2.02. The lowest BCUT2D eigenvalue weighted by molar-refractivity contribution is -0.132. The second-order valence-electron chi connectivity index (χ2n) is 9.73. The topological polar surface area (TPSA) is 99.9 Å². The average molecular weight is 497 g/mol. The van der Waals surface area contributed by atoms with E-state index in [1.165, 1.54) is 19.1 Å². The summed E-state index contributed by atoms with van der Waals surface area (Å²) in [4.78, 5) is 28.3. The number of methoxy groups -OCH3 is 2. The van der Waals surface area contributed by atoms with Gasteiger partial charge in [-0.2, -0.15) is 5.26 Å². The zero-order chi connectivity index (χ0) is 26.9. The maximum atomic E-state index is 13.5. The van der Waals surface area contributed by atoms with Crippen LogP contribution in [-0.2, 0) is 15.0 Å². The van der Waals surface area contributed by atoms with Gasteiger partial charge in [0.15, 0.2) is 0 Å². The first-order valence-corrected chi connectivity index (χ1v) is 11.7. The number of hydrogen-bond acceptors (Lipinski definition) is 6. The van der Waals surface area contributed by atoms with Gasteiger partial charge >= 0.3 is 0 Å². The van der Waals surface area contributed by atoms with Crippen LogP contribution in [0.2, 0.25) is 0 Å². The molecule has 1 saturated heterocycles. The molecule has 188 valence electrons. The monoisotopic (exact) mass is 496 g/mol. The molecule has 4 rings (SSSR count). The summed E-state index contributed by atoms with van der Waals surface area (Å²) in [5.41, 5.74) is 2.27. The van der Waals surface area contributed by atoms with Gasteiger partial charge < -0.3 is 14.6 Å². The van der Waals surface area contributed by atoms with Gasteiger partial charge in [-0.15, -0.1) is 0 Å². The SMILES string of the molecule is COc1ccc(C(C)(C)C)cc1/C(O)=C1\C(=O)C(=O)N(c2ccc(C#N)cc2)C1c1ccccc1OC. The van der Waals surface area contributed by atoms with Gasteiger partial charge in [0.2, 0.25) is 0 Å². The number of nitriles is 1. The van der Waals surface area contributed by atoms with E-state index < -0.39 is 17.7 Å². The Bertz CT molecular complexity index is 1440. The number of ether oxygens (including phenoxy) is 2. The fourth-order valence-electron chi connectivity index (χ4n) is 4.49. The summed E-state index contributed by atoms with van der Waals surface area (Å²) in [6, 6.07) is 19.9. The molecule has 1 unspecified atom stereocenters. The molecule has 1 amide bonds. The molecule has 1 atom stereocenters. The fraction of sp³-hybridized carbons (Fsp3) is 0.233. The van der Waals surface area contributed by atoms with Crippen molar-refractivity contribution >= 4 is 23.1 Å². The summed E-state index contributed by atoms with van der Waals surface area (Å²) in [5, 5.41) is 20.9. The van der Waals surface area contributed by atoms with Gasteiger partial charge in [0, 0.05) is 11.3 Å². The van der Waals surface area contributed by atoms with E-state index in [0.29, 0.717) is 33.9 Å². The summed E-state index contributed by atoms with van der Waals surface area (Å²) in [6.07, 6.45) is 0. The molecule has 0 bridgehead atoms. The fourth-order valence-corrected chi connectivity index (χ4v) is 4.49. The Morgan fingerprint density at radius 1 is 0.946 bits per heavy atom. The molecular weight excluding hydrogens is 468 g/mol. The van der Waals surface area contributed by atoms with Crippen LogP contribution in [0, 0.1) is 11.3 Å². The number of benzene rings is 3. The average Bonchev–Trinajstić information content (AvgIpc) is 3.17. The first-order valence-electron chi connectivity index (χ1n) is 11.7. The van der Waals surface area contributed by atoms with Crippen molar-refractivity contribution < 1.29 is 24.2 Å². The minimum absolute atomic E-state index is 0.0804. The minimum atomic E-state index is -0.980. The lowest BCUT2D eigenvalue weighted by Crippen LogP contribution is -2.29. The second kappa shape index (κ2) is 9.82. The first kappa shape index (κ1) is 25.5. The van der Waals surface area contributed by atoms with Crippen molar-refractivity contribution in [3.05, 3.63) is 94.6 Å². The lowest BCUT2D eigenvalue weighted by atomic mass is 9.85. The molecule has 3 aromatic rings. The van der Waals surface area contributed by atoms with Crippen LogP contribution in [0.15, 0.2) is 72.3 Å². The maximum absolute atomic E-state index is 13.5. The van der Waals surface area contributed by atoms with Gasteiger partial charge in [-0.05, 0) is 53.4 Å². The Morgan fingerprint density at radius 2 is 1.59 bits per heavy atom. The quantitative estimate of drug-likeness (QED) is 0.284. The number of rotatable bonds is 5. The van der Waals surface area contributed by atoms with Crippen LogP contribution in [0.3, 0.4) is 0 Å². The van der Waals surface area contributed by atoms with Crippen LogP contribution in [0.4, 0.5) is 5.69 Å². The van der Waals surface area contributed by atoms with Gasteiger partial charge in [0.05, 0.1) is 43.0 Å². The number of carbonyl (C=O) groups is 2. The van der Waals surface area contributed by atoms with Crippen molar-refractivity contribution in [2.75, 3.05) is 19.1 Å². The Morgan fingerprint density at radius 3 is 2.19 bits per heavy atom. The summed E-state index contributed by atoms with van der Waals surface area (Å²) in [7, 11) is 2.98. The highest BCUT2D eigenvalue weighted by Gasteiger charge is 2.48. The smallest absolute Gasteiger partial charge is 0.300 e. The summed E-state index contributed by atoms with van der Waals surface area (Å²) in [5.74, 6) is -1.15. The number of anilines is 1. The number of ketones is 1. The molecule has 0 spiro atoms. The van der Waals surface area contributed by atoms with E-state index >= 15 is 0 Å². The number of nitrogens with zero attached hydrogens (tertiary/aromatic N) is 2. The van der Waals surface area contributed by atoms with Crippen LogP contribution < -0.4 is 14.4 Å². The largest absolute Gasteiger partial charge is 0.507 e. The zero-order valence-corrected chi connectivity index (χ0v) is 21.4. The van der Waals surface area contributed by atoms with Crippen LogP contribution in [0.5, 0.6) is 11.5 Å². The molecule has 1 fully saturated rings. The number of para-hydroxylation sites is 1. The van der Waals surface area contributed by atoms with E-state index in [4.69, 9.17) is 9.47 Å². The van der Waals surface area contributed by atoms with Crippen molar-refractivity contribution in [1.82, 2.24) is 0 Å². The predicted molar refractivity (Wildman–Crippen MR) is 141 cm³/mol. The number of carbonyl (C=O) groups excluding carboxylic acids is 2. The van der Waals surface area contributed by atoms with Crippen LogP contribution in [0.1, 0.15) is 49.1 Å². The third-order valence-corrected chi connectivity index (χ3v) is 6.47. The first-order chi connectivity index (χ1) is 17.6. The van der Waals surface area contributed by atoms with Gasteiger partial charge in [-0.3, -0.25) is 14.5 Å². The molecule has 0 saturated carbocycles. The van der Waals surface area contributed by atoms with E-state index in [1.807, 2.05) is 26.8 Å². The molecule has 37 heavy (non-hydrogen) atoms. The molecule has 0 aromatic heterocycles. The van der Waals surface area contributed by atoms with Crippen LogP contribution in [0.25, 0.3) is 5.76 Å². The van der Waals surface area contributed by atoms with E-state index in [2.05, 4.69) is 6.07 Å².